The fourth-order valence-electron chi connectivity index (χ4n) is 1.56. The quantitative estimate of drug-likeness (QED) is 0.682. The predicted octanol–water partition coefficient (Wildman–Crippen LogP) is -0.518. The van der Waals surface area contributed by atoms with Crippen LogP contribution in [0.4, 0.5) is 0 Å². The Balaban J connectivity index is 2.02. The van der Waals surface area contributed by atoms with E-state index >= 15 is 0 Å². The second-order valence-electron chi connectivity index (χ2n) is 3.23. The van der Waals surface area contributed by atoms with E-state index in [1.165, 1.54) is 0 Å². The minimum absolute atomic E-state index is 0.361. The third-order valence-corrected chi connectivity index (χ3v) is 2.49. The van der Waals surface area contributed by atoms with Crippen molar-refractivity contribution in [3.05, 3.63) is 5.82 Å². The molecule has 6 heteroatoms. The van der Waals surface area contributed by atoms with Crippen molar-refractivity contribution in [2.45, 2.75) is 31.5 Å². The summed E-state index contributed by atoms with van der Waals surface area (Å²) < 4.78 is 6.98. The van der Waals surface area contributed by atoms with Gasteiger partial charge in [0.05, 0.1) is 18.7 Å². The fraction of sp³-hybridized carbons (Fsp3) is 0.857. The standard InChI is InChI=1S/C7H13N5O/c1-13-6-2-5(3-6)12-7(4-8)9-10-11-12/h5-6H,2-4,8H2,1H3. The Bertz CT molecular complexity index is 280. The van der Waals surface area contributed by atoms with Crippen molar-refractivity contribution in [1.29, 1.82) is 0 Å². The molecule has 1 aliphatic carbocycles. The SMILES string of the molecule is COC1CC(n2nnnc2CN)C1. The van der Waals surface area contributed by atoms with E-state index in [1.54, 1.807) is 11.8 Å². The van der Waals surface area contributed by atoms with Crippen LogP contribution in [0.2, 0.25) is 0 Å². The molecule has 1 fully saturated rings. The van der Waals surface area contributed by atoms with E-state index in [9.17, 15) is 0 Å². The zero-order valence-electron chi connectivity index (χ0n) is 7.55. The van der Waals surface area contributed by atoms with Crippen molar-refractivity contribution in [2.24, 2.45) is 5.73 Å². The van der Waals surface area contributed by atoms with Gasteiger partial charge in [0, 0.05) is 7.11 Å². The maximum Gasteiger partial charge on any atom is 0.165 e. The van der Waals surface area contributed by atoms with E-state index in [0.29, 0.717) is 18.7 Å². The average Bonchev–Trinajstić information content (AvgIpc) is 2.50. The average molecular weight is 183 g/mol. The van der Waals surface area contributed by atoms with Crippen molar-refractivity contribution in [3.8, 4) is 0 Å². The molecule has 0 unspecified atom stereocenters. The van der Waals surface area contributed by atoms with E-state index in [2.05, 4.69) is 15.5 Å². The van der Waals surface area contributed by atoms with Gasteiger partial charge in [0.25, 0.3) is 0 Å². The highest BCUT2D eigenvalue weighted by Gasteiger charge is 2.32. The van der Waals surface area contributed by atoms with Crippen LogP contribution in [0.3, 0.4) is 0 Å². The Labute approximate surface area is 76.1 Å². The van der Waals surface area contributed by atoms with Crippen LogP contribution in [0.15, 0.2) is 0 Å². The number of hydrogen-bond donors (Lipinski definition) is 1. The normalized spacial score (nSPS) is 27.2. The van der Waals surface area contributed by atoms with Crippen LogP contribution in [0.25, 0.3) is 0 Å². The number of tetrazole rings is 1. The van der Waals surface area contributed by atoms with Crippen molar-refractivity contribution < 1.29 is 4.74 Å². The zero-order chi connectivity index (χ0) is 9.26. The number of methoxy groups -OCH3 is 1. The van der Waals surface area contributed by atoms with Crippen LogP contribution < -0.4 is 5.73 Å². The summed E-state index contributed by atoms with van der Waals surface area (Å²) in [6, 6.07) is 0.374. The lowest BCUT2D eigenvalue weighted by Crippen LogP contribution is -2.34. The van der Waals surface area contributed by atoms with Crippen LogP contribution in [-0.4, -0.2) is 33.4 Å². The van der Waals surface area contributed by atoms with Gasteiger partial charge in [0.2, 0.25) is 0 Å². The van der Waals surface area contributed by atoms with Gasteiger partial charge in [-0.05, 0) is 23.3 Å². The van der Waals surface area contributed by atoms with Gasteiger partial charge in [-0.25, -0.2) is 4.68 Å². The molecule has 2 rings (SSSR count). The molecule has 72 valence electrons. The van der Waals surface area contributed by atoms with Crippen LogP contribution in [-0.2, 0) is 11.3 Å². The number of hydrogen-bond acceptors (Lipinski definition) is 5. The van der Waals surface area contributed by atoms with Gasteiger partial charge in [0.1, 0.15) is 0 Å². The lowest BCUT2D eigenvalue weighted by molar-refractivity contribution is 0.00106. The summed E-state index contributed by atoms with van der Waals surface area (Å²) in [7, 11) is 1.73. The maximum absolute atomic E-state index is 5.48. The highest BCUT2D eigenvalue weighted by atomic mass is 16.5. The summed E-state index contributed by atoms with van der Waals surface area (Å²) in [6.45, 7) is 0.390. The summed E-state index contributed by atoms with van der Waals surface area (Å²) in [5.41, 5.74) is 5.48. The number of ether oxygens (including phenoxy) is 1. The van der Waals surface area contributed by atoms with Gasteiger partial charge in [-0.3, -0.25) is 0 Å². The molecule has 1 heterocycles. The van der Waals surface area contributed by atoms with Gasteiger partial charge in [-0.15, -0.1) is 5.10 Å². The van der Waals surface area contributed by atoms with Gasteiger partial charge in [-0.2, -0.15) is 0 Å². The Kier molecular flexibility index (Phi) is 2.24. The van der Waals surface area contributed by atoms with Crippen molar-refractivity contribution >= 4 is 0 Å². The molecule has 1 aliphatic rings. The van der Waals surface area contributed by atoms with Crippen LogP contribution in [0, 0.1) is 0 Å². The molecule has 1 saturated carbocycles. The summed E-state index contributed by atoms with van der Waals surface area (Å²) in [5, 5.41) is 11.3. The summed E-state index contributed by atoms with van der Waals surface area (Å²) in [4.78, 5) is 0. The minimum atomic E-state index is 0.361. The van der Waals surface area contributed by atoms with Crippen LogP contribution in [0.1, 0.15) is 24.7 Å². The predicted molar refractivity (Wildman–Crippen MR) is 44.8 cm³/mol. The summed E-state index contributed by atoms with van der Waals surface area (Å²) in [6.07, 6.45) is 2.32. The largest absolute Gasteiger partial charge is 0.381 e. The first-order valence-electron chi connectivity index (χ1n) is 4.34. The molecule has 0 aromatic carbocycles. The third-order valence-electron chi connectivity index (χ3n) is 2.49. The molecular formula is C7H13N5O. The van der Waals surface area contributed by atoms with E-state index in [4.69, 9.17) is 10.5 Å². The zero-order valence-corrected chi connectivity index (χ0v) is 7.55. The van der Waals surface area contributed by atoms with E-state index in [-0.39, 0.29) is 0 Å². The van der Waals surface area contributed by atoms with Gasteiger partial charge in [-0.1, -0.05) is 0 Å². The Morgan fingerprint density at radius 1 is 1.62 bits per heavy atom. The second kappa shape index (κ2) is 3.39. The first-order valence-corrected chi connectivity index (χ1v) is 4.34. The molecule has 0 spiro atoms. The maximum atomic E-state index is 5.48. The number of nitrogens with two attached hydrogens (primary N) is 1. The van der Waals surface area contributed by atoms with E-state index in [0.717, 1.165) is 18.7 Å². The highest BCUT2D eigenvalue weighted by Crippen LogP contribution is 2.33. The molecule has 0 radical (unpaired) electrons. The van der Waals surface area contributed by atoms with E-state index in [1.807, 2.05) is 0 Å². The summed E-state index contributed by atoms with van der Waals surface area (Å²) >= 11 is 0. The van der Waals surface area contributed by atoms with Crippen LogP contribution >= 0.6 is 0 Å². The van der Waals surface area contributed by atoms with Gasteiger partial charge < -0.3 is 10.5 Å². The van der Waals surface area contributed by atoms with Crippen molar-refractivity contribution in [2.75, 3.05) is 7.11 Å². The molecule has 0 aliphatic heterocycles. The monoisotopic (exact) mass is 183 g/mol. The molecule has 13 heavy (non-hydrogen) atoms. The Morgan fingerprint density at radius 3 is 3.00 bits per heavy atom. The summed E-state index contributed by atoms with van der Waals surface area (Å²) in [5.74, 6) is 0.750. The second-order valence-corrected chi connectivity index (χ2v) is 3.23. The molecule has 0 saturated heterocycles. The minimum Gasteiger partial charge on any atom is -0.381 e. The first-order chi connectivity index (χ1) is 6.35. The molecule has 6 nitrogen and oxygen atoms in total. The molecule has 0 atom stereocenters. The fourth-order valence-corrected chi connectivity index (χ4v) is 1.56. The van der Waals surface area contributed by atoms with Crippen LogP contribution in [0.5, 0.6) is 0 Å². The smallest absolute Gasteiger partial charge is 0.165 e. The molecule has 0 amide bonds. The van der Waals surface area contributed by atoms with Crippen molar-refractivity contribution in [3.63, 3.8) is 0 Å². The van der Waals surface area contributed by atoms with Crippen molar-refractivity contribution in [1.82, 2.24) is 20.2 Å². The number of nitrogens with zero attached hydrogens (tertiary/aromatic N) is 4. The van der Waals surface area contributed by atoms with E-state index < -0.39 is 0 Å². The lowest BCUT2D eigenvalue weighted by Gasteiger charge is -2.33. The van der Waals surface area contributed by atoms with Gasteiger partial charge >= 0.3 is 0 Å². The lowest BCUT2D eigenvalue weighted by atomic mass is 9.89. The highest BCUT2D eigenvalue weighted by molar-refractivity contribution is 4.90. The number of aromatic nitrogens is 4. The molecular weight excluding hydrogens is 170 g/mol. The molecule has 1 aromatic heterocycles. The first kappa shape index (κ1) is 8.58. The molecule has 0 bridgehead atoms. The molecule has 2 N–H and O–H groups in total. The van der Waals surface area contributed by atoms with Gasteiger partial charge in [0.15, 0.2) is 5.82 Å². The topological polar surface area (TPSA) is 78.8 Å². The number of rotatable bonds is 3. The molecule has 1 aromatic rings. The Morgan fingerprint density at radius 2 is 2.38 bits per heavy atom. The third kappa shape index (κ3) is 1.42. The Hall–Kier alpha value is -1.01.